The minimum Gasteiger partial charge on any atom is -0.369 e. The second-order valence-corrected chi connectivity index (χ2v) is 2.04. The van der Waals surface area contributed by atoms with E-state index in [9.17, 15) is 0 Å². The summed E-state index contributed by atoms with van der Waals surface area (Å²) in [7, 11) is 1.89. The maximum Gasteiger partial charge on any atom is 0.00896 e. The molecule has 0 spiro atoms. The van der Waals surface area contributed by atoms with Crippen molar-refractivity contribution in [2.45, 2.75) is 27.7 Å². The summed E-state index contributed by atoms with van der Waals surface area (Å²) in [6.45, 7) is 7.49. The van der Waals surface area contributed by atoms with Crippen molar-refractivity contribution < 1.29 is 86.5 Å². The van der Waals surface area contributed by atoms with Gasteiger partial charge in [0.2, 0.25) is 0 Å². The smallest absolute Gasteiger partial charge is 0.00896 e. The predicted octanol–water partition coefficient (Wildman–Crippen LogP) is 2.84. The molecule has 0 aliphatic heterocycles. The van der Waals surface area contributed by atoms with Gasteiger partial charge < -0.3 is 24.1 Å². The molecule has 2 radical (unpaired) electrons. The molecule has 86 valence electrons. The second kappa shape index (κ2) is 25.1. The summed E-state index contributed by atoms with van der Waals surface area (Å²) in [5, 5.41) is 3.81. The van der Waals surface area contributed by atoms with Gasteiger partial charge in [-0.25, -0.2) is 0 Å². The number of nitrogens with zero attached hydrogens (tertiary/aromatic N) is 2. The van der Waals surface area contributed by atoms with Crippen molar-refractivity contribution in [3.8, 4) is 0 Å². The molecule has 1 aromatic heterocycles. The summed E-state index contributed by atoms with van der Waals surface area (Å²) in [5.41, 5.74) is 1.14. The topological polar surface area (TPSA) is 17.8 Å². The largest absolute Gasteiger partial charge is 0.369 e. The molecule has 0 fully saturated rings. The quantitative estimate of drug-likeness (QED) is 0.472. The molecule has 1 heterocycles. The van der Waals surface area contributed by atoms with Crippen LogP contribution in [-0.2, 0) is 93.5 Å². The third kappa shape index (κ3) is 21.9. The van der Waals surface area contributed by atoms with Gasteiger partial charge >= 0.3 is 0 Å². The van der Waals surface area contributed by atoms with Crippen LogP contribution >= 0.6 is 0 Å². The van der Waals surface area contributed by atoms with E-state index in [1.54, 1.807) is 4.68 Å². The minimum absolute atomic E-state index is 0. The first-order chi connectivity index (χ1) is 4.72. The number of hydrogen-bond donors (Lipinski definition) is 0. The van der Waals surface area contributed by atoms with Gasteiger partial charge in [-0.15, -0.1) is 11.9 Å². The molecule has 0 aliphatic rings. The van der Waals surface area contributed by atoms with E-state index in [1.165, 1.54) is 0 Å². The van der Waals surface area contributed by atoms with E-state index in [2.05, 4.69) is 18.2 Å². The molecule has 0 amide bonds. The average molecular weight is 531 g/mol. The summed E-state index contributed by atoms with van der Waals surface area (Å²) >= 11 is 0. The van der Waals surface area contributed by atoms with Crippen LogP contribution in [-0.4, -0.2) is 9.78 Å². The zero-order chi connectivity index (χ0) is 7.98. The van der Waals surface area contributed by atoms with Gasteiger partial charge in [0.25, 0.3) is 0 Å². The zero-order valence-corrected chi connectivity index (χ0v) is 18.1. The molecule has 15 heavy (non-hydrogen) atoms. The van der Waals surface area contributed by atoms with E-state index in [4.69, 9.17) is 0 Å². The van der Waals surface area contributed by atoms with Crippen LogP contribution in [0.1, 0.15) is 26.5 Å². The number of rotatable bonds is 0. The van der Waals surface area contributed by atoms with Gasteiger partial charge in [0.15, 0.2) is 0 Å². The second-order valence-electron chi connectivity index (χ2n) is 2.04. The molecule has 0 aromatic carbocycles. The van der Waals surface area contributed by atoms with Crippen LogP contribution in [0.25, 0.3) is 0 Å². The van der Waals surface area contributed by atoms with Gasteiger partial charge in [-0.05, 0) is 0 Å². The number of aromatic nitrogens is 2. The summed E-state index contributed by atoms with van der Waals surface area (Å²) in [4.78, 5) is 0. The van der Waals surface area contributed by atoms with Gasteiger partial charge in [-0.1, -0.05) is 21.3 Å². The SMILES string of the molecule is C.Cc1c[c-]nn1C.[CH2-]CC.[CH3-].[W].[Y].[Y]. The Kier molecular flexibility index (Phi) is 60.1. The van der Waals surface area contributed by atoms with Crippen LogP contribution in [0.5, 0.6) is 0 Å². The Morgan fingerprint density at radius 2 is 1.80 bits per heavy atom. The Morgan fingerprint density at radius 1 is 1.47 bits per heavy atom. The fourth-order valence-electron chi connectivity index (χ4n) is 0.381. The maximum atomic E-state index is 3.81. The molecule has 0 N–H and O–H groups in total. The first-order valence-electron chi connectivity index (χ1n) is 3.38. The fourth-order valence-corrected chi connectivity index (χ4v) is 0.381. The molecule has 5 heteroatoms. The molecular weight excluding hydrogens is 510 g/mol. The van der Waals surface area contributed by atoms with Crippen LogP contribution in [0.4, 0.5) is 0 Å². The summed E-state index contributed by atoms with van der Waals surface area (Å²) in [5.74, 6) is 0. The molecule has 1 rings (SSSR count). The van der Waals surface area contributed by atoms with Crippen LogP contribution in [0.3, 0.4) is 0 Å². The summed E-state index contributed by atoms with van der Waals surface area (Å²) in [6.07, 6.45) is 3.71. The molecule has 0 bridgehead atoms. The Bertz CT molecular complexity index is 165. The third-order valence-electron chi connectivity index (χ3n) is 0.992. The molecule has 0 atom stereocenters. The minimum atomic E-state index is 0. The van der Waals surface area contributed by atoms with E-state index < -0.39 is 0 Å². The van der Waals surface area contributed by atoms with Crippen LogP contribution in [0, 0.1) is 27.5 Å². The molecule has 0 aliphatic carbocycles. The van der Waals surface area contributed by atoms with Gasteiger partial charge in [0.05, 0.1) is 0 Å². The van der Waals surface area contributed by atoms with Gasteiger partial charge in [-0.2, -0.15) is 12.5 Å². The first-order valence-corrected chi connectivity index (χ1v) is 3.38. The summed E-state index contributed by atoms with van der Waals surface area (Å²) < 4.78 is 1.78. The zero-order valence-electron chi connectivity index (χ0n) is 9.45. The Morgan fingerprint density at radius 3 is 1.87 bits per heavy atom. The molecule has 2 nitrogen and oxygen atoms in total. The standard InChI is InChI=1S/C5H7N2.C3H7.CH4.CH3.W.2Y/c1-5-3-4-6-7(5)2;1-3-2;;;;;/h3H,1-2H3;1,3H2,2H3;1H4;1H3;;;/q2*-1;;-1;;;. The third-order valence-corrected chi connectivity index (χ3v) is 0.992. The van der Waals surface area contributed by atoms with Gasteiger partial charge in [0, 0.05) is 93.5 Å². The molecule has 0 saturated carbocycles. The monoisotopic (exact) mass is 531 g/mol. The van der Waals surface area contributed by atoms with Crippen molar-refractivity contribution >= 4 is 0 Å². The van der Waals surface area contributed by atoms with Crippen molar-refractivity contribution in [1.29, 1.82) is 0 Å². The maximum absolute atomic E-state index is 3.81. The van der Waals surface area contributed by atoms with E-state index in [-0.39, 0.29) is 101 Å². The Labute approximate surface area is 161 Å². The van der Waals surface area contributed by atoms with Crippen molar-refractivity contribution in [1.82, 2.24) is 9.78 Å². The predicted molar refractivity (Wildman–Crippen MR) is 55.6 cm³/mol. The first kappa shape index (κ1) is 36.0. The van der Waals surface area contributed by atoms with Crippen molar-refractivity contribution in [2.75, 3.05) is 0 Å². The Hall–Kier alpha value is 2.11. The van der Waals surface area contributed by atoms with Crippen LogP contribution < -0.4 is 0 Å². The van der Waals surface area contributed by atoms with Crippen molar-refractivity contribution in [3.05, 3.63) is 32.3 Å². The molecular formula is C10H21N2WY2-3. The van der Waals surface area contributed by atoms with E-state index in [0.29, 0.717) is 0 Å². The molecule has 0 unspecified atom stereocenters. The van der Waals surface area contributed by atoms with Crippen molar-refractivity contribution in [3.63, 3.8) is 0 Å². The Balaban J connectivity index is -0.0000000234. The van der Waals surface area contributed by atoms with E-state index in [1.807, 2.05) is 27.0 Å². The fraction of sp³-hybridized carbons (Fsp3) is 0.500. The molecule has 0 saturated heterocycles. The summed E-state index contributed by atoms with van der Waals surface area (Å²) in [6, 6.07) is 1.85. The van der Waals surface area contributed by atoms with Gasteiger partial charge in [-0.3, -0.25) is 0 Å². The van der Waals surface area contributed by atoms with E-state index in [0.717, 1.165) is 12.1 Å². The number of aryl methyl sites for hydroxylation is 2. The van der Waals surface area contributed by atoms with E-state index >= 15 is 0 Å². The number of hydrogen-bond acceptors (Lipinski definition) is 1. The van der Waals surface area contributed by atoms with Crippen molar-refractivity contribution in [2.24, 2.45) is 7.05 Å². The molecule has 1 aromatic rings. The van der Waals surface area contributed by atoms with Crippen LogP contribution in [0.2, 0.25) is 0 Å². The normalized spacial score (nSPS) is 5.60. The van der Waals surface area contributed by atoms with Crippen LogP contribution in [0.15, 0.2) is 6.07 Å². The van der Waals surface area contributed by atoms with Gasteiger partial charge in [0.1, 0.15) is 0 Å². The average Bonchev–Trinajstić information content (AvgIpc) is 2.19.